The summed E-state index contributed by atoms with van der Waals surface area (Å²) in [6.45, 7) is 5.14. The van der Waals surface area contributed by atoms with Gasteiger partial charge >= 0.3 is 0 Å². The van der Waals surface area contributed by atoms with E-state index < -0.39 is 6.04 Å². The molecule has 0 aliphatic carbocycles. The largest absolute Gasteiger partial charge is 0.383 e. The van der Waals surface area contributed by atoms with Crippen LogP contribution in [0, 0.1) is 5.92 Å². The van der Waals surface area contributed by atoms with Crippen molar-refractivity contribution in [3.05, 3.63) is 0 Å². The number of methoxy groups -OCH3 is 1. The molecule has 0 saturated heterocycles. The highest BCUT2D eigenvalue weighted by Gasteiger charge is 2.13. The molecule has 0 unspecified atom stereocenters. The SMILES string of the molecule is COCCNC(=O)[C@H](N)CC(C)C. The van der Waals surface area contributed by atoms with Gasteiger partial charge < -0.3 is 15.8 Å². The van der Waals surface area contributed by atoms with Crippen molar-refractivity contribution in [1.82, 2.24) is 5.32 Å². The van der Waals surface area contributed by atoms with E-state index in [1.807, 2.05) is 13.8 Å². The van der Waals surface area contributed by atoms with Crippen molar-refractivity contribution < 1.29 is 9.53 Å². The molecule has 78 valence electrons. The van der Waals surface area contributed by atoms with Gasteiger partial charge in [0.25, 0.3) is 0 Å². The van der Waals surface area contributed by atoms with Crippen LogP contribution in [0.4, 0.5) is 0 Å². The Labute approximate surface area is 79.8 Å². The third-order valence-corrected chi connectivity index (χ3v) is 1.67. The number of nitrogens with two attached hydrogens (primary N) is 1. The number of hydrogen-bond acceptors (Lipinski definition) is 3. The Morgan fingerprint density at radius 2 is 2.15 bits per heavy atom. The first-order chi connectivity index (χ1) is 6.07. The van der Waals surface area contributed by atoms with Crippen LogP contribution in [0.25, 0.3) is 0 Å². The van der Waals surface area contributed by atoms with Crippen LogP contribution in [0.5, 0.6) is 0 Å². The Kier molecular flexibility index (Phi) is 6.54. The predicted octanol–water partition coefficient (Wildman–Crippen LogP) is 0.122. The van der Waals surface area contributed by atoms with Crippen LogP contribution in [0.1, 0.15) is 20.3 Å². The molecule has 0 aromatic rings. The molecule has 0 aliphatic heterocycles. The summed E-state index contributed by atoms with van der Waals surface area (Å²) in [5.41, 5.74) is 5.65. The molecule has 0 spiro atoms. The second kappa shape index (κ2) is 6.86. The van der Waals surface area contributed by atoms with Crippen molar-refractivity contribution >= 4 is 5.91 Å². The fraction of sp³-hybridized carbons (Fsp3) is 0.889. The van der Waals surface area contributed by atoms with E-state index in [-0.39, 0.29) is 5.91 Å². The average molecular weight is 188 g/mol. The maximum Gasteiger partial charge on any atom is 0.237 e. The third-order valence-electron chi connectivity index (χ3n) is 1.67. The number of carbonyl (C=O) groups excluding carboxylic acids is 1. The summed E-state index contributed by atoms with van der Waals surface area (Å²) in [6, 6.07) is -0.392. The topological polar surface area (TPSA) is 64.3 Å². The lowest BCUT2D eigenvalue weighted by Gasteiger charge is -2.13. The maximum atomic E-state index is 11.3. The summed E-state index contributed by atoms with van der Waals surface area (Å²) in [4.78, 5) is 11.3. The van der Waals surface area contributed by atoms with Crippen LogP contribution in [-0.2, 0) is 9.53 Å². The van der Waals surface area contributed by atoms with Gasteiger partial charge in [-0.1, -0.05) is 13.8 Å². The van der Waals surface area contributed by atoms with Crippen molar-refractivity contribution in [1.29, 1.82) is 0 Å². The zero-order chi connectivity index (χ0) is 10.3. The molecule has 1 atom stereocenters. The summed E-state index contributed by atoms with van der Waals surface area (Å²) in [6.07, 6.45) is 0.721. The van der Waals surface area contributed by atoms with Crippen LogP contribution < -0.4 is 11.1 Å². The number of hydrogen-bond donors (Lipinski definition) is 2. The van der Waals surface area contributed by atoms with E-state index in [1.54, 1.807) is 7.11 Å². The van der Waals surface area contributed by atoms with E-state index in [0.29, 0.717) is 19.1 Å². The second-order valence-electron chi connectivity index (χ2n) is 3.52. The molecule has 13 heavy (non-hydrogen) atoms. The van der Waals surface area contributed by atoms with E-state index in [1.165, 1.54) is 0 Å². The lowest BCUT2D eigenvalue weighted by atomic mass is 10.0. The Balaban J connectivity index is 3.57. The second-order valence-corrected chi connectivity index (χ2v) is 3.52. The number of nitrogens with one attached hydrogen (secondary N) is 1. The highest BCUT2D eigenvalue weighted by molar-refractivity contribution is 5.81. The van der Waals surface area contributed by atoms with Crippen molar-refractivity contribution in [2.24, 2.45) is 11.7 Å². The standard InChI is InChI=1S/C9H20N2O2/c1-7(2)6-8(10)9(12)11-4-5-13-3/h7-8H,4-6,10H2,1-3H3,(H,11,12)/t8-/m1/s1. The molecule has 0 bridgehead atoms. The third kappa shape index (κ3) is 6.54. The highest BCUT2D eigenvalue weighted by Crippen LogP contribution is 2.01. The maximum absolute atomic E-state index is 11.3. The Morgan fingerprint density at radius 3 is 2.62 bits per heavy atom. The molecule has 0 fully saturated rings. The van der Waals surface area contributed by atoms with Gasteiger partial charge in [-0.2, -0.15) is 0 Å². The molecular formula is C9H20N2O2. The monoisotopic (exact) mass is 188 g/mol. The molecule has 4 nitrogen and oxygen atoms in total. The Hall–Kier alpha value is -0.610. The first kappa shape index (κ1) is 12.4. The zero-order valence-electron chi connectivity index (χ0n) is 8.67. The highest BCUT2D eigenvalue weighted by atomic mass is 16.5. The molecule has 1 amide bonds. The Bertz CT molecular complexity index is 149. The van der Waals surface area contributed by atoms with Gasteiger partial charge in [0.05, 0.1) is 12.6 Å². The van der Waals surface area contributed by atoms with Gasteiger partial charge in [0.2, 0.25) is 5.91 Å². The van der Waals surface area contributed by atoms with Crippen LogP contribution in [0.15, 0.2) is 0 Å². The summed E-state index contributed by atoms with van der Waals surface area (Å²) in [5, 5.41) is 2.70. The van der Waals surface area contributed by atoms with Gasteiger partial charge in [0, 0.05) is 13.7 Å². The fourth-order valence-corrected chi connectivity index (χ4v) is 1.02. The van der Waals surface area contributed by atoms with Crippen molar-refractivity contribution in [3.8, 4) is 0 Å². The number of rotatable bonds is 6. The zero-order valence-corrected chi connectivity index (χ0v) is 8.67. The number of carbonyl (C=O) groups is 1. The molecule has 0 radical (unpaired) electrons. The van der Waals surface area contributed by atoms with E-state index in [0.717, 1.165) is 6.42 Å². The minimum atomic E-state index is -0.392. The van der Waals surface area contributed by atoms with Gasteiger partial charge in [-0.25, -0.2) is 0 Å². The minimum Gasteiger partial charge on any atom is -0.383 e. The van der Waals surface area contributed by atoms with Crippen LogP contribution >= 0.6 is 0 Å². The molecule has 0 aromatic heterocycles. The molecule has 0 heterocycles. The predicted molar refractivity (Wildman–Crippen MR) is 52.3 cm³/mol. The molecule has 3 N–H and O–H groups in total. The van der Waals surface area contributed by atoms with Gasteiger partial charge in [-0.15, -0.1) is 0 Å². The van der Waals surface area contributed by atoms with E-state index in [4.69, 9.17) is 10.5 Å². The summed E-state index contributed by atoms with van der Waals surface area (Å²) in [5.74, 6) is 0.355. The quantitative estimate of drug-likeness (QED) is 0.582. The van der Waals surface area contributed by atoms with Crippen molar-refractivity contribution in [2.75, 3.05) is 20.3 Å². The number of ether oxygens (including phenoxy) is 1. The van der Waals surface area contributed by atoms with Crippen LogP contribution in [-0.4, -0.2) is 32.2 Å². The minimum absolute atomic E-state index is 0.0919. The first-order valence-corrected chi connectivity index (χ1v) is 4.60. The van der Waals surface area contributed by atoms with Gasteiger partial charge in [-0.05, 0) is 12.3 Å². The van der Waals surface area contributed by atoms with E-state index in [9.17, 15) is 4.79 Å². The normalized spacial score (nSPS) is 13.0. The Morgan fingerprint density at radius 1 is 1.54 bits per heavy atom. The molecule has 0 aliphatic rings. The van der Waals surface area contributed by atoms with E-state index >= 15 is 0 Å². The van der Waals surface area contributed by atoms with E-state index in [2.05, 4.69) is 5.32 Å². The van der Waals surface area contributed by atoms with Gasteiger partial charge in [-0.3, -0.25) is 4.79 Å². The smallest absolute Gasteiger partial charge is 0.237 e. The van der Waals surface area contributed by atoms with Crippen molar-refractivity contribution in [3.63, 3.8) is 0 Å². The van der Waals surface area contributed by atoms with Gasteiger partial charge in [0.15, 0.2) is 0 Å². The fourth-order valence-electron chi connectivity index (χ4n) is 1.02. The van der Waals surface area contributed by atoms with Crippen LogP contribution in [0.2, 0.25) is 0 Å². The average Bonchev–Trinajstić information content (AvgIpc) is 2.03. The molecular weight excluding hydrogens is 168 g/mol. The molecule has 0 saturated carbocycles. The summed E-state index contributed by atoms with van der Waals surface area (Å²) in [7, 11) is 1.60. The van der Waals surface area contributed by atoms with Gasteiger partial charge in [0.1, 0.15) is 0 Å². The molecule has 0 aromatic carbocycles. The van der Waals surface area contributed by atoms with Crippen molar-refractivity contribution in [2.45, 2.75) is 26.3 Å². The lowest BCUT2D eigenvalue weighted by Crippen LogP contribution is -2.42. The molecule has 4 heteroatoms. The molecule has 0 rings (SSSR count). The first-order valence-electron chi connectivity index (χ1n) is 4.60. The lowest BCUT2D eigenvalue weighted by molar-refractivity contribution is -0.122. The van der Waals surface area contributed by atoms with Crippen LogP contribution in [0.3, 0.4) is 0 Å². The number of amides is 1. The summed E-state index contributed by atoms with van der Waals surface area (Å²) < 4.78 is 4.80. The summed E-state index contributed by atoms with van der Waals surface area (Å²) >= 11 is 0.